The average molecular weight is 366 g/mol. The van der Waals surface area contributed by atoms with Gasteiger partial charge in [-0.25, -0.2) is 14.2 Å². The second-order valence-corrected chi connectivity index (χ2v) is 6.67. The molecular weight excluding hydrogens is 347 g/mol. The number of benzene rings is 1. The Bertz CT molecular complexity index is 1100. The first kappa shape index (κ1) is 17.4. The molecule has 4 rings (SSSR count). The molecule has 0 bridgehead atoms. The number of H-pyrrole nitrogens is 1. The van der Waals surface area contributed by atoms with Gasteiger partial charge in [0.1, 0.15) is 11.5 Å². The summed E-state index contributed by atoms with van der Waals surface area (Å²) in [7, 11) is 0. The Hall–Kier alpha value is -2.99. The van der Waals surface area contributed by atoms with Crippen LogP contribution in [-0.2, 0) is 11.2 Å². The summed E-state index contributed by atoms with van der Waals surface area (Å²) in [6.45, 7) is 1.98. The number of nitrogens with one attached hydrogen (secondary N) is 1. The van der Waals surface area contributed by atoms with Crippen molar-refractivity contribution in [2.75, 3.05) is 6.61 Å². The number of ether oxygens (including phenoxy) is 1. The van der Waals surface area contributed by atoms with Crippen LogP contribution in [0.3, 0.4) is 0 Å². The van der Waals surface area contributed by atoms with Crippen molar-refractivity contribution in [3.8, 4) is 0 Å². The number of hydrogen-bond donors (Lipinski definition) is 2. The number of para-hydroxylation sites is 1. The van der Waals surface area contributed by atoms with E-state index in [1.807, 2.05) is 24.3 Å². The van der Waals surface area contributed by atoms with Crippen LogP contribution in [0, 0.1) is 0 Å². The molecule has 1 aromatic carbocycles. The lowest BCUT2D eigenvalue weighted by atomic mass is 9.89. The quantitative estimate of drug-likeness (QED) is 0.685. The molecule has 0 radical (unpaired) electrons. The van der Waals surface area contributed by atoms with Gasteiger partial charge in [0, 0.05) is 29.1 Å². The van der Waals surface area contributed by atoms with Gasteiger partial charge in [0.2, 0.25) is 0 Å². The van der Waals surface area contributed by atoms with E-state index in [4.69, 9.17) is 4.74 Å². The molecule has 0 aliphatic heterocycles. The van der Waals surface area contributed by atoms with E-state index in [0.717, 1.165) is 21.8 Å². The summed E-state index contributed by atoms with van der Waals surface area (Å²) in [6, 6.07) is 9.44. The number of fused-ring (bicyclic) bond motifs is 3. The van der Waals surface area contributed by atoms with Crippen LogP contribution in [0.25, 0.3) is 21.8 Å². The van der Waals surface area contributed by atoms with E-state index in [2.05, 4.69) is 9.97 Å². The molecule has 1 atom stereocenters. The molecule has 6 heteroatoms. The van der Waals surface area contributed by atoms with Gasteiger partial charge in [-0.2, -0.15) is 0 Å². The Balaban J connectivity index is 1.87. The first-order valence-corrected chi connectivity index (χ1v) is 8.84. The van der Waals surface area contributed by atoms with Gasteiger partial charge in [-0.1, -0.05) is 18.2 Å². The normalized spacial score (nSPS) is 19.4. The number of carbonyl (C=O) groups is 1. The van der Waals surface area contributed by atoms with Crippen molar-refractivity contribution >= 4 is 27.8 Å². The van der Waals surface area contributed by atoms with E-state index in [1.54, 1.807) is 13.0 Å². The van der Waals surface area contributed by atoms with Crippen molar-refractivity contribution in [3.63, 3.8) is 0 Å². The second-order valence-electron chi connectivity index (χ2n) is 6.67. The minimum absolute atomic E-state index is 0.141. The van der Waals surface area contributed by atoms with E-state index in [9.17, 15) is 14.3 Å². The topological polar surface area (TPSA) is 75.2 Å². The van der Waals surface area contributed by atoms with Gasteiger partial charge >= 0.3 is 5.97 Å². The van der Waals surface area contributed by atoms with E-state index in [1.165, 1.54) is 18.2 Å². The molecule has 0 amide bonds. The standard InChI is InChI=1S/C21H19FN2O3/c1-2-27-20(25)17-11-15-14-5-3-4-6-16(14)24-19(15)18(23-17)12-21(26)9-7-13(22)8-10-21/h3-9,11,24,26H,2,10,12H2,1H3. The van der Waals surface area contributed by atoms with E-state index in [0.29, 0.717) is 5.69 Å². The highest BCUT2D eigenvalue weighted by atomic mass is 19.1. The van der Waals surface area contributed by atoms with Crippen molar-refractivity contribution in [1.82, 2.24) is 9.97 Å². The summed E-state index contributed by atoms with van der Waals surface area (Å²) in [5, 5.41) is 12.6. The molecule has 0 fully saturated rings. The fraction of sp³-hybridized carbons (Fsp3) is 0.238. The number of rotatable bonds is 4. The van der Waals surface area contributed by atoms with E-state index >= 15 is 0 Å². The molecule has 1 aliphatic carbocycles. The third-order valence-electron chi connectivity index (χ3n) is 4.73. The summed E-state index contributed by atoms with van der Waals surface area (Å²) >= 11 is 0. The summed E-state index contributed by atoms with van der Waals surface area (Å²) in [5.41, 5.74) is 1.12. The highest BCUT2D eigenvalue weighted by Gasteiger charge is 2.28. The maximum Gasteiger partial charge on any atom is 0.356 e. The number of carbonyl (C=O) groups excluding carboxylic acids is 1. The zero-order valence-electron chi connectivity index (χ0n) is 14.8. The number of allylic oxidation sites excluding steroid dienone is 2. The fourth-order valence-electron chi connectivity index (χ4n) is 3.42. The lowest BCUT2D eigenvalue weighted by Crippen LogP contribution is -2.30. The van der Waals surface area contributed by atoms with Gasteiger partial charge in [-0.3, -0.25) is 0 Å². The number of aromatic nitrogens is 2. The van der Waals surface area contributed by atoms with Crippen LogP contribution in [0.1, 0.15) is 29.5 Å². The Morgan fingerprint density at radius 2 is 2.19 bits per heavy atom. The van der Waals surface area contributed by atoms with Crippen LogP contribution in [0.5, 0.6) is 0 Å². The van der Waals surface area contributed by atoms with Crippen LogP contribution >= 0.6 is 0 Å². The molecule has 138 valence electrons. The van der Waals surface area contributed by atoms with Crippen LogP contribution in [0.2, 0.25) is 0 Å². The molecule has 2 aromatic heterocycles. The van der Waals surface area contributed by atoms with Crippen molar-refractivity contribution in [1.29, 1.82) is 0 Å². The van der Waals surface area contributed by atoms with Crippen LogP contribution in [0.15, 0.2) is 54.4 Å². The summed E-state index contributed by atoms with van der Waals surface area (Å²) in [4.78, 5) is 20.1. The minimum Gasteiger partial charge on any atom is -0.461 e. The summed E-state index contributed by atoms with van der Waals surface area (Å²) < 4.78 is 18.4. The Morgan fingerprint density at radius 3 is 2.93 bits per heavy atom. The number of pyridine rings is 1. The zero-order valence-corrected chi connectivity index (χ0v) is 14.8. The monoisotopic (exact) mass is 366 g/mol. The summed E-state index contributed by atoms with van der Waals surface area (Å²) in [5.74, 6) is -0.883. The van der Waals surface area contributed by atoms with Crippen molar-refractivity contribution in [2.24, 2.45) is 0 Å². The number of aliphatic hydroxyl groups is 1. The Morgan fingerprint density at radius 1 is 1.37 bits per heavy atom. The number of hydrogen-bond acceptors (Lipinski definition) is 4. The maximum atomic E-state index is 13.3. The van der Waals surface area contributed by atoms with E-state index in [-0.39, 0.29) is 31.0 Å². The molecule has 1 unspecified atom stereocenters. The molecule has 2 heterocycles. The molecule has 0 saturated carbocycles. The zero-order chi connectivity index (χ0) is 19.0. The van der Waals surface area contributed by atoms with Crippen LogP contribution < -0.4 is 0 Å². The van der Waals surface area contributed by atoms with Gasteiger partial charge in [0.25, 0.3) is 0 Å². The first-order chi connectivity index (χ1) is 13.0. The highest BCUT2D eigenvalue weighted by molar-refractivity contribution is 6.09. The van der Waals surface area contributed by atoms with Crippen molar-refractivity contribution in [2.45, 2.75) is 25.4 Å². The maximum absolute atomic E-state index is 13.3. The molecule has 3 aromatic rings. The van der Waals surface area contributed by atoms with Crippen LogP contribution in [0.4, 0.5) is 4.39 Å². The van der Waals surface area contributed by atoms with Gasteiger partial charge in [-0.05, 0) is 37.3 Å². The predicted octanol–water partition coefficient (Wildman–Crippen LogP) is 3.98. The number of aromatic amines is 1. The highest BCUT2D eigenvalue weighted by Crippen LogP contribution is 2.32. The molecular formula is C21H19FN2O3. The molecule has 0 saturated heterocycles. The number of halogens is 1. The number of esters is 1. The van der Waals surface area contributed by atoms with Gasteiger partial charge in [-0.15, -0.1) is 0 Å². The molecule has 27 heavy (non-hydrogen) atoms. The number of nitrogens with zero attached hydrogens (tertiary/aromatic N) is 1. The Labute approximate surface area is 155 Å². The third-order valence-corrected chi connectivity index (χ3v) is 4.73. The lowest BCUT2D eigenvalue weighted by molar-refractivity contribution is 0.0517. The van der Waals surface area contributed by atoms with Gasteiger partial charge in [0.15, 0.2) is 0 Å². The first-order valence-electron chi connectivity index (χ1n) is 8.84. The van der Waals surface area contributed by atoms with Gasteiger partial charge in [0.05, 0.1) is 23.4 Å². The van der Waals surface area contributed by atoms with Gasteiger partial charge < -0.3 is 14.8 Å². The molecule has 5 nitrogen and oxygen atoms in total. The van der Waals surface area contributed by atoms with Crippen molar-refractivity contribution < 1.29 is 19.0 Å². The molecule has 0 spiro atoms. The fourth-order valence-corrected chi connectivity index (χ4v) is 3.42. The summed E-state index contributed by atoms with van der Waals surface area (Å²) in [6.07, 6.45) is 4.32. The third kappa shape index (κ3) is 3.24. The van der Waals surface area contributed by atoms with E-state index < -0.39 is 11.6 Å². The smallest absolute Gasteiger partial charge is 0.356 e. The molecule has 1 aliphatic rings. The lowest BCUT2D eigenvalue weighted by Gasteiger charge is -2.25. The largest absolute Gasteiger partial charge is 0.461 e. The molecule has 2 N–H and O–H groups in total. The van der Waals surface area contributed by atoms with Crippen molar-refractivity contribution in [3.05, 3.63) is 65.8 Å². The SMILES string of the molecule is CCOC(=O)c1cc2c([nH]c3ccccc32)c(CC2(O)C=CC(F)=CC2)n1. The van der Waals surface area contributed by atoms with Crippen LogP contribution in [-0.4, -0.2) is 33.3 Å². The predicted molar refractivity (Wildman–Crippen MR) is 101 cm³/mol. The minimum atomic E-state index is -1.26. The Kier molecular flexibility index (Phi) is 4.28. The average Bonchev–Trinajstić information content (AvgIpc) is 3.04. The second kappa shape index (κ2) is 6.63.